The second kappa shape index (κ2) is 7.28. The first kappa shape index (κ1) is 19.1. The normalized spacial score (nSPS) is 13.5. The molecular weight excluding hydrogens is 396 g/mol. The Bertz CT molecular complexity index is 1230. The molecule has 3 heterocycles. The van der Waals surface area contributed by atoms with Gasteiger partial charge in [0.05, 0.1) is 18.0 Å². The average Bonchev–Trinajstić information content (AvgIpc) is 3.32. The highest BCUT2D eigenvalue weighted by molar-refractivity contribution is 7.92. The Labute approximate surface area is 166 Å². The molecule has 0 saturated heterocycles. The lowest BCUT2D eigenvalue weighted by molar-refractivity contribution is 0.0969. The summed E-state index contributed by atoms with van der Waals surface area (Å²) in [7, 11) is -3.35. The molecule has 29 heavy (non-hydrogen) atoms. The molecule has 0 atom stereocenters. The molecule has 0 bridgehead atoms. The lowest BCUT2D eigenvalue weighted by atomic mass is 10.1. The van der Waals surface area contributed by atoms with Gasteiger partial charge in [0.15, 0.2) is 5.78 Å². The molecule has 0 unspecified atom stereocenters. The molecule has 1 aliphatic heterocycles. The van der Waals surface area contributed by atoms with Crippen LogP contribution in [0, 0.1) is 0 Å². The van der Waals surface area contributed by atoms with E-state index in [1.807, 2.05) is 0 Å². The minimum absolute atomic E-state index is 0.0137. The molecule has 9 nitrogen and oxygen atoms in total. The molecule has 0 spiro atoms. The van der Waals surface area contributed by atoms with Gasteiger partial charge in [-0.25, -0.2) is 17.8 Å². The van der Waals surface area contributed by atoms with Crippen molar-refractivity contribution in [3.63, 3.8) is 0 Å². The summed E-state index contributed by atoms with van der Waals surface area (Å²) < 4.78 is 31.6. The monoisotopic (exact) mass is 414 g/mol. The summed E-state index contributed by atoms with van der Waals surface area (Å²) in [5, 5.41) is 3.72. The minimum atomic E-state index is -3.35. The van der Waals surface area contributed by atoms with Crippen molar-refractivity contribution in [2.45, 2.75) is 19.9 Å². The number of hydrogen-bond donors (Lipinski definition) is 0. The number of carbonyl (C=O) groups is 1. The van der Waals surface area contributed by atoms with E-state index in [-0.39, 0.29) is 23.9 Å². The lowest BCUT2D eigenvalue weighted by Crippen LogP contribution is -2.30. The van der Waals surface area contributed by atoms with E-state index < -0.39 is 15.8 Å². The fraction of sp³-hybridized carbons (Fsp3) is 0.263. The van der Waals surface area contributed by atoms with Crippen LogP contribution >= 0.6 is 0 Å². The minimum Gasteiger partial charge on any atom is -0.295 e. The molecule has 3 aromatic rings. The van der Waals surface area contributed by atoms with Crippen molar-refractivity contribution < 1.29 is 17.7 Å². The van der Waals surface area contributed by atoms with E-state index in [9.17, 15) is 18.0 Å². The molecule has 1 aliphatic rings. The Morgan fingerprint density at radius 3 is 2.79 bits per heavy atom. The number of carbonyl (C=O) groups excluding carboxylic acids is 1. The first-order valence-electron chi connectivity index (χ1n) is 9.05. The van der Waals surface area contributed by atoms with Crippen LogP contribution < -0.4 is 10.1 Å². The number of hydrogen-bond acceptors (Lipinski definition) is 7. The van der Waals surface area contributed by atoms with Gasteiger partial charge >= 0.3 is 5.76 Å². The fourth-order valence-corrected chi connectivity index (χ4v) is 4.47. The summed E-state index contributed by atoms with van der Waals surface area (Å²) in [6.45, 7) is 1.70. The van der Waals surface area contributed by atoms with Gasteiger partial charge in [0.2, 0.25) is 15.8 Å². The van der Waals surface area contributed by atoms with Gasteiger partial charge in [-0.2, -0.15) is 0 Å². The number of pyridine rings is 1. The lowest BCUT2D eigenvalue weighted by Gasteiger charge is -2.18. The van der Waals surface area contributed by atoms with E-state index in [0.29, 0.717) is 29.9 Å². The van der Waals surface area contributed by atoms with Crippen molar-refractivity contribution in [1.29, 1.82) is 0 Å². The molecule has 10 heteroatoms. The molecule has 150 valence electrons. The maximum atomic E-state index is 12.8. The SMILES string of the molecule is CCS(=O)(=O)N1CCc2cc(C(=O)Cn3c(-c4ccccn4)noc3=O)ccc21. The predicted octanol–water partition coefficient (Wildman–Crippen LogP) is 1.49. The fourth-order valence-electron chi connectivity index (χ4n) is 3.31. The van der Waals surface area contributed by atoms with E-state index in [1.54, 1.807) is 49.5 Å². The van der Waals surface area contributed by atoms with Gasteiger partial charge in [-0.05, 0) is 49.2 Å². The van der Waals surface area contributed by atoms with Crippen LogP contribution in [0.3, 0.4) is 0 Å². The second-order valence-corrected chi connectivity index (χ2v) is 8.74. The first-order valence-corrected chi connectivity index (χ1v) is 10.7. The van der Waals surface area contributed by atoms with Crippen molar-refractivity contribution in [1.82, 2.24) is 14.7 Å². The number of rotatable bonds is 6. The molecule has 0 radical (unpaired) electrons. The molecule has 0 amide bonds. The third-order valence-electron chi connectivity index (χ3n) is 4.84. The summed E-state index contributed by atoms with van der Waals surface area (Å²) in [5.74, 6) is -0.877. The van der Waals surface area contributed by atoms with Gasteiger partial charge in [-0.3, -0.25) is 18.6 Å². The zero-order valence-corrected chi connectivity index (χ0v) is 16.4. The number of aromatic nitrogens is 3. The molecule has 2 aromatic heterocycles. The maximum absolute atomic E-state index is 12.8. The Balaban J connectivity index is 1.62. The van der Waals surface area contributed by atoms with Crippen molar-refractivity contribution >= 4 is 21.5 Å². The summed E-state index contributed by atoms with van der Waals surface area (Å²) >= 11 is 0. The molecule has 0 aliphatic carbocycles. The number of anilines is 1. The molecule has 4 rings (SSSR count). The quantitative estimate of drug-likeness (QED) is 0.561. The average molecular weight is 414 g/mol. The van der Waals surface area contributed by atoms with Crippen molar-refractivity contribution in [3.05, 3.63) is 64.3 Å². The van der Waals surface area contributed by atoms with E-state index in [0.717, 1.165) is 10.1 Å². The number of fused-ring (bicyclic) bond motifs is 1. The smallest absolute Gasteiger partial charge is 0.295 e. The Morgan fingerprint density at radius 2 is 2.07 bits per heavy atom. The van der Waals surface area contributed by atoms with Crippen molar-refractivity contribution in [3.8, 4) is 11.5 Å². The number of ketones is 1. The van der Waals surface area contributed by atoms with Crippen molar-refractivity contribution in [2.24, 2.45) is 0 Å². The van der Waals surface area contributed by atoms with Crippen LogP contribution in [0.15, 0.2) is 51.9 Å². The van der Waals surface area contributed by atoms with Gasteiger partial charge in [-0.1, -0.05) is 11.2 Å². The van der Waals surface area contributed by atoms with E-state index >= 15 is 0 Å². The molecule has 0 N–H and O–H groups in total. The highest BCUT2D eigenvalue weighted by atomic mass is 32.2. The highest BCUT2D eigenvalue weighted by Gasteiger charge is 2.28. The van der Waals surface area contributed by atoms with Crippen LogP contribution in [0.25, 0.3) is 11.5 Å². The third-order valence-corrected chi connectivity index (χ3v) is 6.62. The maximum Gasteiger partial charge on any atom is 0.442 e. The standard InChI is InChI=1S/C19H18N4O5S/c1-2-29(26,27)23-10-8-13-11-14(6-7-16(13)23)17(24)12-22-18(21-28-19(22)25)15-5-3-4-9-20-15/h3-7,9,11H,2,8,10,12H2,1H3. The number of nitrogens with zero attached hydrogens (tertiary/aromatic N) is 4. The summed E-state index contributed by atoms with van der Waals surface area (Å²) in [4.78, 5) is 29.0. The second-order valence-electron chi connectivity index (χ2n) is 6.56. The highest BCUT2D eigenvalue weighted by Crippen LogP contribution is 2.31. The van der Waals surface area contributed by atoms with E-state index in [1.165, 1.54) is 4.31 Å². The van der Waals surface area contributed by atoms with Gasteiger partial charge in [0.25, 0.3) is 0 Å². The Morgan fingerprint density at radius 1 is 1.24 bits per heavy atom. The number of benzene rings is 1. The Hall–Kier alpha value is -3.27. The summed E-state index contributed by atoms with van der Waals surface area (Å²) in [5.41, 5.74) is 2.19. The summed E-state index contributed by atoms with van der Waals surface area (Å²) in [6, 6.07) is 10.0. The van der Waals surface area contributed by atoms with Gasteiger partial charge in [-0.15, -0.1) is 0 Å². The predicted molar refractivity (Wildman–Crippen MR) is 105 cm³/mol. The van der Waals surface area contributed by atoms with Crippen LogP contribution in [0.5, 0.6) is 0 Å². The van der Waals surface area contributed by atoms with Gasteiger partial charge in [0, 0.05) is 18.3 Å². The van der Waals surface area contributed by atoms with E-state index in [2.05, 4.69) is 10.1 Å². The zero-order chi connectivity index (χ0) is 20.6. The van der Waals surface area contributed by atoms with Crippen LogP contribution in [0.4, 0.5) is 5.69 Å². The topological polar surface area (TPSA) is 115 Å². The number of sulfonamides is 1. The summed E-state index contributed by atoms with van der Waals surface area (Å²) in [6.07, 6.45) is 2.08. The molecule has 1 aromatic carbocycles. The van der Waals surface area contributed by atoms with E-state index in [4.69, 9.17) is 4.52 Å². The van der Waals surface area contributed by atoms with Crippen molar-refractivity contribution in [2.75, 3.05) is 16.6 Å². The van der Waals surface area contributed by atoms with Gasteiger partial charge < -0.3 is 0 Å². The number of Topliss-reactive ketones (excluding diaryl/α,β-unsaturated/α-hetero) is 1. The van der Waals surface area contributed by atoms with Crippen LogP contribution in [0.2, 0.25) is 0 Å². The largest absolute Gasteiger partial charge is 0.442 e. The Kier molecular flexibility index (Phi) is 4.79. The van der Waals surface area contributed by atoms with Crippen LogP contribution in [-0.2, 0) is 23.0 Å². The molecule has 0 saturated carbocycles. The third kappa shape index (κ3) is 3.46. The molecule has 0 fully saturated rings. The van der Waals surface area contributed by atoms with Gasteiger partial charge in [0.1, 0.15) is 5.69 Å². The van der Waals surface area contributed by atoms with Crippen LogP contribution in [0.1, 0.15) is 22.8 Å². The first-order chi connectivity index (χ1) is 13.9. The van der Waals surface area contributed by atoms with Crippen LogP contribution in [-0.4, -0.2) is 41.2 Å². The molecular formula is C19H18N4O5S. The zero-order valence-electron chi connectivity index (χ0n) is 15.6.